The highest BCUT2D eigenvalue weighted by molar-refractivity contribution is 7.81. The Bertz CT molecular complexity index is 277. The van der Waals surface area contributed by atoms with Crippen molar-refractivity contribution in [2.45, 2.75) is 71.1 Å². The monoisotopic (exact) mass is 296 g/mol. The van der Waals surface area contributed by atoms with Crippen LogP contribution >= 0.6 is 0 Å². The molecule has 0 rings (SSSR count). The van der Waals surface area contributed by atoms with Gasteiger partial charge < -0.3 is 5.11 Å². The minimum Gasteiger partial charge on any atom is -0.369 e. The average Bonchev–Trinajstić information content (AvgIpc) is 2.36. The second-order valence-electron chi connectivity index (χ2n) is 4.66. The predicted molar refractivity (Wildman–Crippen MR) is 74.9 cm³/mol. The van der Waals surface area contributed by atoms with Gasteiger partial charge in [-0.25, -0.2) is 8.37 Å². The zero-order valence-corrected chi connectivity index (χ0v) is 12.8. The van der Waals surface area contributed by atoms with Gasteiger partial charge in [-0.1, -0.05) is 64.7 Å². The quantitative estimate of drug-likeness (QED) is 0.394. The molecule has 0 aliphatic rings. The molecule has 116 valence electrons. The van der Waals surface area contributed by atoms with Crippen molar-refractivity contribution in [1.82, 2.24) is 0 Å². The summed E-state index contributed by atoms with van der Waals surface area (Å²) in [4.78, 5) is 0. The maximum Gasteiger partial charge on any atom is 0.402 e. The minimum absolute atomic E-state index is 0.124. The maximum atomic E-state index is 10.9. The van der Waals surface area contributed by atoms with Crippen molar-refractivity contribution in [3.63, 3.8) is 0 Å². The fourth-order valence-corrected chi connectivity index (χ4v) is 2.37. The molecule has 0 amide bonds. The summed E-state index contributed by atoms with van der Waals surface area (Å²) in [6, 6.07) is 0. The molecule has 5 nitrogen and oxygen atoms in total. The molecular weight excluding hydrogens is 268 g/mol. The number of aliphatic hydroxyl groups excluding tert-OH is 1. The lowest BCUT2D eigenvalue weighted by Crippen LogP contribution is -2.11. The molecule has 0 aromatic carbocycles. The van der Waals surface area contributed by atoms with E-state index in [0.29, 0.717) is 6.42 Å². The van der Waals surface area contributed by atoms with E-state index in [9.17, 15) is 8.42 Å². The average molecular weight is 296 g/mol. The van der Waals surface area contributed by atoms with Gasteiger partial charge in [0, 0.05) is 0 Å². The SMILES string of the molecule is CCCCCCCCCCCCOS(=O)(=O)OCO. The lowest BCUT2D eigenvalue weighted by Gasteiger charge is -2.04. The normalized spacial score (nSPS) is 11.9. The summed E-state index contributed by atoms with van der Waals surface area (Å²) in [6.07, 6.45) is 11.8. The lowest BCUT2D eigenvalue weighted by molar-refractivity contribution is 0.0822. The van der Waals surface area contributed by atoms with Crippen LogP contribution in [0.1, 0.15) is 71.1 Å². The maximum absolute atomic E-state index is 10.9. The first kappa shape index (κ1) is 18.8. The minimum atomic E-state index is -3.99. The van der Waals surface area contributed by atoms with Crippen molar-refractivity contribution >= 4 is 10.4 Å². The molecule has 6 heteroatoms. The Balaban J connectivity index is 3.19. The van der Waals surface area contributed by atoms with Crippen LogP contribution in [0.2, 0.25) is 0 Å². The van der Waals surface area contributed by atoms with E-state index in [1.165, 1.54) is 44.9 Å². The second-order valence-corrected chi connectivity index (χ2v) is 5.95. The fraction of sp³-hybridized carbons (Fsp3) is 1.00. The van der Waals surface area contributed by atoms with Crippen LogP contribution in [0, 0.1) is 0 Å². The molecule has 0 heterocycles. The van der Waals surface area contributed by atoms with Gasteiger partial charge in [0.1, 0.15) is 0 Å². The summed E-state index contributed by atoms with van der Waals surface area (Å²) < 4.78 is 30.3. The van der Waals surface area contributed by atoms with E-state index in [2.05, 4.69) is 15.3 Å². The van der Waals surface area contributed by atoms with Crippen LogP contribution in [0.15, 0.2) is 0 Å². The van der Waals surface area contributed by atoms with Gasteiger partial charge in [-0.05, 0) is 6.42 Å². The van der Waals surface area contributed by atoms with Crippen LogP contribution in [-0.4, -0.2) is 26.9 Å². The molecule has 0 unspecified atom stereocenters. The molecule has 0 radical (unpaired) electrons. The van der Waals surface area contributed by atoms with Gasteiger partial charge in [0.2, 0.25) is 0 Å². The van der Waals surface area contributed by atoms with Crippen molar-refractivity contribution in [3.05, 3.63) is 0 Å². The molecule has 19 heavy (non-hydrogen) atoms. The molecule has 0 atom stereocenters. The van der Waals surface area contributed by atoms with E-state index in [1.54, 1.807) is 0 Å². The molecule has 1 N–H and O–H groups in total. The van der Waals surface area contributed by atoms with E-state index in [4.69, 9.17) is 5.11 Å². The third-order valence-electron chi connectivity index (χ3n) is 2.92. The molecule has 0 aromatic heterocycles. The zero-order valence-electron chi connectivity index (χ0n) is 12.0. The van der Waals surface area contributed by atoms with Crippen LogP contribution in [0.4, 0.5) is 0 Å². The third-order valence-corrected chi connectivity index (χ3v) is 3.77. The predicted octanol–water partition coefficient (Wildman–Crippen LogP) is 3.14. The van der Waals surface area contributed by atoms with Crippen molar-refractivity contribution in [2.75, 3.05) is 13.4 Å². The van der Waals surface area contributed by atoms with Crippen LogP contribution in [-0.2, 0) is 18.8 Å². The number of aliphatic hydroxyl groups is 1. The van der Waals surface area contributed by atoms with E-state index < -0.39 is 17.2 Å². The topological polar surface area (TPSA) is 72.8 Å². The molecule has 0 saturated carbocycles. The zero-order chi connectivity index (χ0) is 14.4. The Morgan fingerprint density at radius 3 is 1.74 bits per heavy atom. The van der Waals surface area contributed by atoms with Gasteiger partial charge >= 0.3 is 10.4 Å². The van der Waals surface area contributed by atoms with Gasteiger partial charge in [-0.15, -0.1) is 0 Å². The van der Waals surface area contributed by atoms with Crippen molar-refractivity contribution in [3.8, 4) is 0 Å². The molecule has 0 fully saturated rings. The van der Waals surface area contributed by atoms with Crippen LogP contribution in [0.25, 0.3) is 0 Å². The highest BCUT2D eigenvalue weighted by atomic mass is 32.3. The van der Waals surface area contributed by atoms with Gasteiger partial charge in [0.25, 0.3) is 0 Å². The summed E-state index contributed by atoms with van der Waals surface area (Å²) in [5.74, 6) is 0. The van der Waals surface area contributed by atoms with Gasteiger partial charge in [-0.3, -0.25) is 0 Å². The van der Waals surface area contributed by atoms with Gasteiger partial charge in [0.15, 0.2) is 6.79 Å². The number of hydrogen-bond acceptors (Lipinski definition) is 5. The van der Waals surface area contributed by atoms with Crippen molar-refractivity contribution in [2.24, 2.45) is 0 Å². The third kappa shape index (κ3) is 14.1. The molecule has 0 bridgehead atoms. The largest absolute Gasteiger partial charge is 0.402 e. The number of hydrogen-bond donors (Lipinski definition) is 1. The molecule has 0 aliphatic carbocycles. The second kappa shape index (κ2) is 12.8. The molecule has 0 saturated heterocycles. The highest BCUT2D eigenvalue weighted by Crippen LogP contribution is 2.10. The Kier molecular flexibility index (Phi) is 12.7. The van der Waals surface area contributed by atoms with Crippen molar-refractivity contribution in [1.29, 1.82) is 0 Å². The summed E-state index contributed by atoms with van der Waals surface area (Å²) in [5, 5.41) is 8.30. The Morgan fingerprint density at radius 2 is 1.26 bits per heavy atom. The highest BCUT2D eigenvalue weighted by Gasteiger charge is 2.09. The number of unbranched alkanes of at least 4 members (excludes halogenated alkanes) is 9. The fourth-order valence-electron chi connectivity index (χ4n) is 1.85. The van der Waals surface area contributed by atoms with Gasteiger partial charge in [0.05, 0.1) is 6.61 Å². The summed E-state index contributed by atoms with van der Waals surface area (Å²) >= 11 is 0. The van der Waals surface area contributed by atoms with E-state index in [-0.39, 0.29) is 6.61 Å². The van der Waals surface area contributed by atoms with Crippen molar-refractivity contribution < 1.29 is 21.9 Å². The Labute approximate surface area is 117 Å². The molecule has 0 aromatic rings. The van der Waals surface area contributed by atoms with Crippen LogP contribution < -0.4 is 0 Å². The molecule has 0 spiro atoms. The van der Waals surface area contributed by atoms with Crippen LogP contribution in [0.5, 0.6) is 0 Å². The standard InChI is InChI=1S/C13H28O5S/c1-2-3-4-5-6-7-8-9-10-11-12-17-19(15,16)18-13-14/h14H,2-13H2,1H3. The first-order valence-corrected chi connectivity index (χ1v) is 8.60. The molecule has 0 aliphatic heterocycles. The summed E-state index contributed by atoms with van der Waals surface area (Å²) in [6.45, 7) is 1.47. The summed E-state index contributed by atoms with van der Waals surface area (Å²) in [5.41, 5.74) is 0. The number of rotatable bonds is 14. The van der Waals surface area contributed by atoms with E-state index >= 15 is 0 Å². The Morgan fingerprint density at radius 1 is 0.789 bits per heavy atom. The van der Waals surface area contributed by atoms with E-state index in [0.717, 1.165) is 12.8 Å². The molecular formula is C13H28O5S. The van der Waals surface area contributed by atoms with Crippen LogP contribution in [0.3, 0.4) is 0 Å². The lowest BCUT2D eigenvalue weighted by atomic mass is 10.1. The Hall–Kier alpha value is -0.170. The van der Waals surface area contributed by atoms with Gasteiger partial charge in [-0.2, -0.15) is 8.42 Å². The summed E-state index contributed by atoms with van der Waals surface area (Å²) in [7, 11) is -3.99. The van der Waals surface area contributed by atoms with E-state index in [1.807, 2.05) is 0 Å². The smallest absolute Gasteiger partial charge is 0.369 e. The first-order valence-electron chi connectivity index (χ1n) is 7.27. The first-order chi connectivity index (χ1) is 9.12.